The molecule has 0 aliphatic heterocycles. The number of rotatable bonds is 31. The largest absolute Gasteiger partial charge is 0.489 e. The van der Waals surface area contributed by atoms with E-state index in [0.717, 1.165) is 46.5 Å². The molecular weight excluding hydrogens is 1010 g/mol. The van der Waals surface area contributed by atoms with Crippen LogP contribution in [0.1, 0.15) is 181 Å². The van der Waals surface area contributed by atoms with Crippen LogP contribution in [0.15, 0.2) is 47.2 Å². The van der Waals surface area contributed by atoms with Gasteiger partial charge >= 0.3 is 0 Å². The molecule has 9 aromatic rings. The van der Waals surface area contributed by atoms with Crippen LogP contribution in [0, 0.1) is 11.8 Å². The number of hydrogen-bond acceptors (Lipinski definition) is 11. The average molecular weight is 1080 g/mol. The van der Waals surface area contributed by atoms with Crippen molar-refractivity contribution in [2.75, 3.05) is 13.2 Å². The summed E-state index contributed by atoms with van der Waals surface area (Å²) < 4.78 is 32.8. The Kier molecular flexibility index (Phi) is 19.4. The Bertz CT molecular complexity index is 2950. The van der Waals surface area contributed by atoms with Crippen LogP contribution >= 0.6 is 79.7 Å². The Hall–Kier alpha value is -2.90. The number of benzene rings is 2. The number of unbranched alkanes of at least 4 members (excludes halogenated alkanes) is 12. The zero-order valence-corrected chi connectivity index (χ0v) is 49.0. The minimum Gasteiger partial charge on any atom is -0.489 e. The Morgan fingerprint density at radius 3 is 1.52 bits per heavy atom. The summed E-state index contributed by atoms with van der Waals surface area (Å²) in [5.41, 5.74) is 7.17. The van der Waals surface area contributed by atoms with Gasteiger partial charge in [-0.1, -0.05) is 157 Å². The molecular formula is C60H76N2O2S7. The fourth-order valence-electron chi connectivity index (χ4n) is 10.6. The monoisotopic (exact) mass is 1080 g/mol. The van der Waals surface area contributed by atoms with Crippen molar-refractivity contribution in [1.82, 2.24) is 8.75 Å². The fourth-order valence-corrected chi connectivity index (χ4v) is 18.1. The van der Waals surface area contributed by atoms with Crippen LogP contribution in [0.5, 0.6) is 11.5 Å². The molecule has 11 heteroatoms. The highest BCUT2D eigenvalue weighted by atomic mass is 32.1. The van der Waals surface area contributed by atoms with Crippen molar-refractivity contribution in [1.29, 1.82) is 0 Å². The molecule has 0 fully saturated rings. The second kappa shape index (κ2) is 26.0. The van der Waals surface area contributed by atoms with E-state index in [1.54, 1.807) is 31.9 Å². The van der Waals surface area contributed by atoms with Gasteiger partial charge in [-0.05, 0) is 107 Å². The second-order valence-electron chi connectivity index (χ2n) is 20.0. The highest BCUT2D eigenvalue weighted by Gasteiger charge is 2.30. The maximum absolute atomic E-state index is 7.13. The van der Waals surface area contributed by atoms with Crippen molar-refractivity contribution < 1.29 is 9.47 Å². The van der Waals surface area contributed by atoms with E-state index in [2.05, 4.69) is 100 Å². The highest BCUT2D eigenvalue weighted by Crippen LogP contribution is 2.56. The first-order chi connectivity index (χ1) is 35.0. The highest BCUT2D eigenvalue weighted by molar-refractivity contribution is 7.33. The first-order valence-electron chi connectivity index (χ1n) is 27.5. The van der Waals surface area contributed by atoms with Crippen molar-refractivity contribution in [3.05, 3.63) is 58.3 Å². The van der Waals surface area contributed by atoms with E-state index in [0.29, 0.717) is 25.0 Å². The molecule has 0 aliphatic carbocycles. The maximum Gasteiger partial charge on any atom is 0.172 e. The molecule has 2 aromatic carbocycles. The molecule has 0 amide bonds. The summed E-state index contributed by atoms with van der Waals surface area (Å²) in [5, 5.41) is 7.62. The van der Waals surface area contributed by atoms with E-state index in [9.17, 15) is 0 Å². The number of fused-ring (bicyclic) bond motifs is 5. The van der Waals surface area contributed by atoms with Crippen molar-refractivity contribution in [2.24, 2.45) is 11.8 Å². The normalized spacial score (nSPS) is 13.0. The Morgan fingerprint density at radius 2 is 0.944 bits per heavy atom. The third kappa shape index (κ3) is 12.1. The van der Waals surface area contributed by atoms with Gasteiger partial charge in [-0.3, -0.25) is 0 Å². The first-order valence-corrected chi connectivity index (χ1v) is 33.3. The molecule has 0 bridgehead atoms. The van der Waals surface area contributed by atoms with Gasteiger partial charge in [0.05, 0.1) is 36.1 Å². The number of ether oxygens (including phenoxy) is 2. The van der Waals surface area contributed by atoms with Gasteiger partial charge in [0.2, 0.25) is 0 Å². The average Bonchev–Trinajstić information content (AvgIpc) is 4.25. The predicted octanol–water partition coefficient (Wildman–Crippen LogP) is 22.7. The van der Waals surface area contributed by atoms with E-state index in [1.807, 2.05) is 45.3 Å². The fraction of sp³-hybridized carbons (Fsp3) is 0.533. The molecule has 0 saturated heterocycles. The SMILES string of the molecule is CCCCCCCCOc1c(OCCCCCCCC)c(-c2cc3sc(-c4cc5c(CC(CC)CCCC)c6sccc6c(CC(CC)CCCC)c5s4)cc3s2)c2nsnc2c1-c1cc2sccc2s1. The predicted molar refractivity (Wildman–Crippen MR) is 323 cm³/mol. The van der Waals surface area contributed by atoms with Gasteiger partial charge in [0, 0.05) is 47.7 Å². The second-order valence-corrected chi connectivity index (χ2v) is 26.7. The summed E-state index contributed by atoms with van der Waals surface area (Å²) in [4.78, 5) is 5.17. The quantitative estimate of drug-likeness (QED) is 0.0406. The summed E-state index contributed by atoms with van der Waals surface area (Å²) >= 11 is 12.8. The summed E-state index contributed by atoms with van der Waals surface area (Å²) in [6.07, 6.45) is 27.2. The van der Waals surface area contributed by atoms with Crippen LogP contribution < -0.4 is 9.47 Å². The molecule has 0 saturated carbocycles. The summed E-state index contributed by atoms with van der Waals surface area (Å²) in [5.74, 6) is 3.13. The lowest BCUT2D eigenvalue weighted by molar-refractivity contribution is 0.260. The number of aromatic nitrogens is 2. The molecule has 380 valence electrons. The van der Waals surface area contributed by atoms with E-state index < -0.39 is 0 Å². The van der Waals surface area contributed by atoms with E-state index in [1.165, 1.54) is 189 Å². The number of hydrogen-bond donors (Lipinski definition) is 0. The molecule has 0 aliphatic rings. The van der Waals surface area contributed by atoms with Crippen LogP contribution in [0.4, 0.5) is 0 Å². The van der Waals surface area contributed by atoms with E-state index >= 15 is 0 Å². The molecule has 0 N–H and O–H groups in total. The van der Waals surface area contributed by atoms with Gasteiger partial charge in [0.15, 0.2) is 11.5 Å². The molecule has 9 rings (SSSR count). The minimum absolute atomic E-state index is 0.654. The van der Waals surface area contributed by atoms with Gasteiger partial charge in [0.1, 0.15) is 11.0 Å². The Morgan fingerprint density at radius 1 is 0.451 bits per heavy atom. The van der Waals surface area contributed by atoms with Crippen LogP contribution in [0.25, 0.3) is 80.6 Å². The number of thiophene rings is 6. The molecule has 71 heavy (non-hydrogen) atoms. The van der Waals surface area contributed by atoms with Crippen molar-refractivity contribution in [2.45, 2.75) is 183 Å². The summed E-state index contributed by atoms with van der Waals surface area (Å²) in [6, 6.07) is 14.6. The van der Waals surface area contributed by atoms with Crippen molar-refractivity contribution in [3.63, 3.8) is 0 Å². The van der Waals surface area contributed by atoms with Crippen LogP contribution in [-0.2, 0) is 12.8 Å². The lowest BCUT2D eigenvalue weighted by Gasteiger charge is -2.20. The van der Waals surface area contributed by atoms with Crippen molar-refractivity contribution in [3.8, 4) is 42.1 Å². The molecule has 2 unspecified atom stereocenters. The third-order valence-electron chi connectivity index (χ3n) is 14.9. The van der Waals surface area contributed by atoms with E-state index in [-0.39, 0.29) is 0 Å². The zero-order chi connectivity index (χ0) is 49.1. The smallest absolute Gasteiger partial charge is 0.172 e. The topological polar surface area (TPSA) is 44.2 Å². The Balaban J connectivity index is 1.13. The molecule has 0 spiro atoms. The lowest BCUT2D eigenvalue weighted by atomic mass is 9.86. The van der Waals surface area contributed by atoms with Crippen LogP contribution in [0.3, 0.4) is 0 Å². The lowest BCUT2D eigenvalue weighted by Crippen LogP contribution is -2.06. The zero-order valence-electron chi connectivity index (χ0n) is 43.3. The van der Waals surface area contributed by atoms with Gasteiger partial charge < -0.3 is 9.47 Å². The first kappa shape index (κ1) is 52.9. The van der Waals surface area contributed by atoms with Gasteiger partial charge in [-0.2, -0.15) is 8.75 Å². The van der Waals surface area contributed by atoms with Gasteiger partial charge in [0.25, 0.3) is 0 Å². The summed E-state index contributed by atoms with van der Waals surface area (Å²) in [7, 11) is 0. The minimum atomic E-state index is 0.654. The third-order valence-corrected chi connectivity index (χ3v) is 22.2. The molecule has 4 nitrogen and oxygen atoms in total. The molecule has 7 heterocycles. The molecule has 7 aromatic heterocycles. The maximum atomic E-state index is 7.13. The van der Waals surface area contributed by atoms with Gasteiger partial charge in [-0.15, -0.1) is 68.0 Å². The van der Waals surface area contributed by atoms with Gasteiger partial charge in [-0.25, -0.2) is 0 Å². The Labute approximate surface area is 452 Å². The van der Waals surface area contributed by atoms with Crippen LogP contribution in [-0.4, -0.2) is 22.0 Å². The summed E-state index contributed by atoms with van der Waals surface area (Å²) in [6.45, 7) is 15.4. The molecule has 0 radical (unpaired) electrons. The van der Waals surface area contributed by atoms with E-state index in [4.69, 9.17) is 18.2 Å². The number of nitrogens with zero attached hydrogens (tertiary/aromatic N) is 2. The standard InChI is InChI=1S/C60H76N2O2S7/c1-7-13-17-19-21-23-29-63-57-53(51-36-46-45(67-51)28-32-65-46)55-56(62-71-61-55)54(58(57)64-30-24-22-20-18-14-8-2)52-38-50-49(69-52)37-48(68-50)47-35-44-43(34-40(12-6)26-16-10-4)59-41(27-31-66-59)42(60(44)70-47)33-39(11-5)25-15-9-3/h27-28,31-32,35-40H,7-26,29-30,33-34H2,1-6H3. The van der Waals surface area contributed by atoms with Crippen molar-refractivity contribution >= 4 is 130 Å². The van der Waals surface area contributed by atoms with Crippen LogP contribution in [0.2, 0.25) is 0 Å². The molecule has 2 atom stereocenters.